The number of hydrogen-bond acceptors (Lipinski definition) is 4. The van der Waals surface area contributed by atoms with E-state index in [1.807, 2.05) is 37.5 Å². The molecule has 6 heteroatoms. The molecule has 0 unspecified atom stereocenters. The van der Waals surface area contributed by atoms with Gasteiger partial charge in [-0.05, 0) is 53.0 Å². The standard InChI is InChI=1S/C18H26N2O4/c1-12-8-10-23-15(12)16(21)19-9-7-13-5-6-14(11-19)20(13)17(22)24-18(2,3)4/h8,10,13-14H,5-7,9,11H2,1-4H3/t13-,14+/m1/s1. The van der Waals surface area contributed by atoms with Crippen LogP contribution in [0.2, 0.25) is 0 Å². The summed E-state index contributed by atoms with van der Waals surface area (Å²) in [7, 11) is 0. The van der Waals surface area contributed by atoms with Crippen molar-refractivity contribution in [3.63, 3.8) is 0 Å². The molecule has 3 rings (SSSR count). The molecular weight excluding hydrogens is 308 g/mol. The number of hydrogen-bond donors (Lipinski definition) is 0. The highest BCUT2D eigenvalue weighted by molar-refractivity contribution is 5.93. The molecule has 0 aromatic carbocycles. The van der Waals surface area contributed by atoms with Gasteiger partial charge in [-0.2, -0.15) is 0 Å². The maximum Gasteiger partial charge on any atom is 0.410 e. The largest absolute Gasteiger partial charge is 0.459 e. The lowest BCUT2D eigenvalue weighted by atomic mass is 10.1. The lowest BCUT2D eigenvalue weighted by Crippen LogP contribution is -2.46. The Kier molecular flexibility index (Phi) is 4.32. The summed E-state index contributed by atoms with van der Waals surface area (Å²) in [6.45, 7) is 8.67. The monoisotopic (exact) mass is 334 g/mol. The molecule has 3 heterocycles. The van der Waals surface area contributed by atoms with Gasteiger partial charge in [0, 0.05) is 24.7 Å². The molecule has 1 aromatic rings. The van der Waals surface area contributed by atoms with Crippen LogP contribution in [0.15, 0.2) is 16.7 Å². The van der Waals surface area contributed by atoms with Crippen LogP contribution >= 0.6 is 0 Å². The first-order chi connectivity index (χ1) is 11.3. The molecule has 0 aliphatic carbocycles. The summed E-state index contributed by atoms with van der Waals surface area (Å²) in [6.07, 6.45) is 3.94. The molecule has 0 spiro atoms. The molecule has 2 fully saturated rings. The van der Waals surface area contributed by atoms with Gasteiger partial charge in [-0.15, -0.1) is 0 Å². The van der Waals surface area contributed by atoms with E-state index >= 15 is 0 Å². The molecule has 2 aliphatic heterocycles. The third-order valence-corrected chi connectivity index (χ3v) is 4.73. The van der Waals surface area contributed by atoms with Crippen molar-refractivity contribution >= 4 is 12.0 Å². The van der Waals surface area contributed by atoms with Crippen molar-refractivity contribution in [3.05, 3.63) is 23.7 Å². The zero-order valence-corrected chi connectivity index (χ0v) is 14.9. The molecule has 6 nitrogen and oxygen atoms in total. The molecule has 1 aromatic heterocycles. The van der Waals surface area contributed by atoms with Crippen LogP contribution in [-0.4, -0.2) is 52.6 Å². The molecule has 2 bridgehead atoms. The smallest absolute Gasteiger partial charge is 0.410 e. The van der Waals surface area contributed by atoms with E-state index in [-0.39, 0.29) is 24.1 Å². The quantitative estimate of drug-likeness (QED) is 0.791. The van der Waals surface area contributed by atoms with Crippen molar-refractivity contribution in [2.24, 2.45) is 0 Å². The van der Waals surface area contributed by atoms with E-state index in [0.717, 1.165) is 24.8 Å². The second-order valence-corrected chi connectivity index (χ2v) is 7.75. The van der Waals surface area contributed by atoms with E-state index in [1.165, 1.54) is 0 Å². The Labute approximate surface area is 142 Å². The predicted octanol–water partition coefficient (Wildman–Crippen LogP) is 3.20. The second kappa shape index (κ2) is 6.15. The van der Waals surface area contributed by atoms with Gasteiger partial charge in [-0.25, -0.2) is 4.79 Å². The summed E-state index contributed by atoms with van der Waals surface area (Å²) in [5.74, 6) is 0.311. The lowest BCUT2D eigenvalue weighted by Gasteiger charge is -2.31. The first-order valence-electron chi connectivity index (χ1n) is 8.61. The number of aryl methyl sites for hydroxylation is 1. The highest BCUT2D eigenvalue weighted by Crippen LogP contribution is 2.32. The summed E-state index contributed by atoms with van der Waals surface area (Å²) in [5, 5.41) is 0. The molecule has 2 aliphatic rings. The van der Waals surface area contributed by atoms with Crippen LogP contribution in [0.3, 0.4) is 0 Å². The van der Waals surface area contributed by atoms with Crippen LogP contribution < -0.4 is 0 Å². The SMILES string of the molecule is Cc1ccoc1C(=O)N1CC[C@H]2CC[C@@H](C1)N2C(=O)OC(C)(C)C. The van der Waals surface area contributed by atoms with Gasteiger partial charge < -0.3 is 19.0 Å². The fourth-order valence-electron chi connectivity index (χ4n) is 3.61. The molecule has 2 saturated heterocycles. The van der Waals surface area contributed by atoms with Crippen LogP contribution in [0.25, 0.3) is 0 Å². The van der Waals surface area contributed by atoms with E-state index in [9.17, 15) is 9.59 Å². The predicted molar refractivity (Wildman–Crippen MR) is 88.8 cm³/mol. The van der Waals surface area contributed by atoms with Gasteiger partial charge in [0.15, 0.2) is 5.76 Å². The molecule has 2 atom stereocenters. The van der Waals surface area contributed by atoms with E-state index in [2.05, 4.69) is 0 Å². The number of likely N-dealkylation sites (tertiary alicyclic amines) is 1. The Bertz CT molecular complexity index is 631. The van der Waals surface area contributed by atoms with Crippen molar-refractivity contribution in [1.82, 2.24) is 9.80 Å². The minimum absolute atomic E-state index is 0.0200. The number of fused-ring (bicyclic) bond motifs is 2. The van der Waals surface area contributed by atoms with E-state index < -0.39 is 5.60 Å². The van der Waals surface area contributed by atoms with E-state index in [4.69, 9.17) is 9.15 Å². The summed E-state index contributed by atoms with van der Waals surface area (Å²) < 4.78 is 10.9. The number of carbonyl (C=O) groups is 2. The van der Waals surface area contributed by atoms with Crippen LogP contribution in [0.1, 0.15) is 56.2 Å². The third kappa shape index (κ3) is 3.28. The van der Waals surface area contributed by atoms with E-state index in [1.54, 1.807) is 12.3 Å². The number of ether oxygens (including phenoxy) is 1. The fourth-order valence-corrected chi connectivity index (χ4v) is 3.61. The van der Waals surface area contributed by atoms with Crippen molar-refractivity contribution < 1.29 is 18.7 Å². The molecule has 24 heavy (non-hydrogen) atoms. The van der Waals surface area contributed by atoms with Crippen LogP contribution in [0.4, 0.5) is 4.79 Å². The molecule has 132 valence electrons. The molecule has 0 N–H and O–H groups in total. The maximum absolute atomic E-state index is 12.7. The molecule has 2 amide bonds. The Morgan fingerprint density at radius 1 is 1.21 bits per heavy atom. The van der Waals surface area contributed by atoms with Gasteiger partial charge in [-0.3, -0.25) is 4.79 Å². The number of amides is 2. The van der Waals surface area contributed by atoms with Gasteiger partial charge in [0.1, 0.15) is 5.60 Å². The van der Waals surface area contributed by atoms with Crippen LogP contribution in [0, 0.1) is 6.92 Å². The average Bonchev–Trinajstić information content (AvgIpc) is 2.99. The van der Waals surface area contributed by atoms with Gasteiger partial charge >= 0.3 is 6.09 Å². The highest BCUT2D eigenvalue weighted by atomic mass is 16.6. The Morgan fingerprint density at radius 3 is 2.54 bits per heavy atom. The summed E-state index contributed by atoms with van der Waals surface area (Å²) in [6, 6.07) is 1.97. The summed E-state index contributed by atoms with van der Waals surface area (Å²) in [4.78, 5) is 28.9. The van der Waals surface area contributed by atoms with Crippen molar-refractivity contribution in [2.75, 3.05) is 13.1 Å². The van der Waals surface area contributed by atoms with Crippen molar-refractivity contribution in [3.8, 4) is 0 Å². The number of carbonyl (C=O) groups excluding carboxylic acids is 2. The molecule has 0 radical (unpaired) electrons. The second-order valence-electron chi connectivity index (χ2n) is 7.75. The number of nitrogens with zero attached hydrogens (tertiary/aromatic N) is 2. The Hall–Kier alpha value is -1.98. The molecule has 0 saturated carbocycles. The number of rotatable bonds is 1. The minimum atomic E-state index is -0.510. The topological polar surface area (TPSA) is 63.0 Å². The lowest BCUT2D eigenvalue weighted by molar-refractivity contribution is 0.0151. The van der Waals surface area contributed by atoms with Gasteiger partial charge in [-0.1, -0.05) is 0 Å². The number of furan rings is 1. The highest BCUT2D eigenvalue weighted by Gasteiger charge is 2.43. The maximum atomic E-state index is 12.7. The zero-order valence-electron chi connectivity index (χ0n) is 14.9. The van der Waals surface area contributed by atoms with E-state index in [0.29, 0.717) is 18.8 Å². The summed E-state index contributed by atoms with van der Waals surface area (Å²) >= 11 is 0. The Morgan fingerprint density at radius 2 is 1.92 bits per heavy atom. The first kappa shape index (κ1) is 16.9. The third-order valence-electron chi connectivity index (χ3n) is 4.73. The van der Waals surface area contributed by atoms with Crippen LogP contribution in [-0.2, 0) is 4.74 Å². The average molecular weight is 334 g/mol. The van der Waals surface area contributed by atoms with Gasteiger partial charge in [0.25, 0.3) is 5.91 Å². The normalized spacial score (nSPS) is 24.0. The van der Waals surface area contributed by atoms with Crippen LogP contribution in [0.5, 0.6) is 0 Å². The first-order valence-corrected chi connectivity index (χ1v) is 8.61. The van der Waals surface area contributed by atoms with Crippen molar-refractivity contribution in [2.45, 2.75) is 64.6 Å². The molecular formula is C18H26N2O4. The fraction of sp³-hybridized carbons (Fsp3) is 0.667. The Balaban J connectivity index is 1.74. The zero-order chi connectivity index (χ0) is 17.5. The van der Waals surface area contributed by atoms with Crippen molar-refractivity contribution in [1.29, 1.82) is 0 Å². The summed E-state index contributed by atoms with van der Waals surface area (Å²) in [5.41, 5.74) is 0.335. The minimum Gasteiger partial charge on any atom is -0.459 e. The van der Waals surface area contributed by atoms with Gasteiger partial charge in [0.05, 0.1) is 12.3 Å². The van der Waals surface area contributed by atoms with Gasteiger partial charge in [0.2, 0.25) is 0 Å².